The molecular weight excluding hydrogens is 490 g/mol. The van der Waals surface area contributed by atoms with E-state index in [2.05, 4.69) is 56.5 Å². The normalized spacial score (nSPS) is 23.3. The van der Waals surface area contributed by atoms with Crippen molar-refractivity contribution in [1.82, 2.24) is 10.2 Å². The summed E-state index contributed by atoms with van der Waals surface area (Å²) >= 11 is 0. The molecule has 1 saturated carbocycles. The van der Waals surface area contributed by atoms with Crippen LogP contribution in [-0.4, -0.2) is 46.9 Å². The minimum Gasteiger partial charge on any atom is -0.469 e. The van der Waals surface area contributed by atoms with Crippen LogP contribution < -0.4 is 5.32 Å². The summed E-state index contributed by atoms with van der Waals surface area (Å²) < 4.78 is 4.67. The molecule has 2 aliphatic rings. The van der Waals surface area contributed by atoms with Crippen LogP contribution in [0.15, 0.2) is 29.3 Å². The highest BCUT2D eigenvalue weighted by Gasteiger charge is 2.52. The highest BCUT2D eigenvalue weighted by Crippen LogP contribution is 2.49. The van der Waals surface area contributed by atoms with Gasteiger partial charge in [-0.15, -0.1) is 0 Å². The SMILES string of the molecule is CCCC[C@H](c1ccc(C(O)NCCC(=O)OC)cc1)N1C(=O)C(CC(C)C)=NC12CCC(C(C)(C)C)CC2. The van der Waals surface area contributed by atoms with Gasteiger partial charge in [-0.2, -0.15) is 0 Å². The molecule has 1 aliphatic heterocycles. The number of ether oxygens (including phenoxy) is 1. The Morgan fingerprint density at radius 1 is 1.18 bits per heavy atom. The van der Waals surface area contributed by atoms with Gasteiger partial charge in [-0.05, 0) is 66.9 Å². The summed E-state index contributed by atoms with van der Waals surface area (Å²) in [6, 6.07) is 7.87. The van der Waals surface area contributed by atoms with Crippen LogP contribution in [0.1, 0.15) is 123 Å². The molecule has 39 heavy (non-hydrogen) atoms. The van der Waals surface area contributed by atoms with Crippen LogP contribution >= 0.6 is 0 Å². The van der Waals surface area contributed by atoms with Crippen molar-refractivity contribution in [3.63, 3.8) is 0 Å². The number of aliphatic hydroxyl groups is 1. The van der Waals surface area contributed by atoms with Gasteiger partial charge in [-0.25, -0.2) is 0 Å². The second-order valence-corrected chi connectivity index (χ2v) is 13.0. The smallest absolute Gasteiger partial charge is 0.306 e. The summed E-state index contributed by atoms with van der Waals surface area (Å²) in [6.45, 7) is 13.8. The number of rotatable bonds is 12. The van der Waals surface area contributed by atoms with Crippen LogP contribution in [0.4, 0.5) is 0 Å². The summed E-state index contributed by atoms with van der Waals surface area (Å²) in [5.41, 5.74) is 2.34. The molecule has 1 amide bonds. The largest absolute Gasteiger partial charge is 0.469 e. The minimum atomic E-state index is -0.883. The number of esters is 1. The van der Waals surface area contributed by atoms with Crippen LogP contribution in [0.25, 0.3) is 0 Å². The van der Waals surface area contributed by atoms with Crippen LogP contribution in [0.3, 0.4) is 0 Å². The van der Waals surface area contributed by atoms with Crippen LogP contribution in [0.2, 0.25) is 0 Å². The number of nitrogens with zero attached hydrogens (tertiary/aromatic N) is 2. The Morgan fingerprint density at radius 3 is 2.33 bits per heavy atom. The van der Waals surface area contributed by atoms with E-state index in [1.807, 2.05) is 24.3 Å². The van der Waals surface area contributed by atoms with Crippen LogP contribution in [-0.2, 0) is 14.3 Å². The van der Waals surface area contributed by atoms with E-state index in [9.17, 15) is 14.7 Å². The second-order valence-electron chi connectivity index (χ2n) is 13.0. The lowest BCUT2D eigenvalue weighted by Crippen LogP contribution is -2.51. The molecule has 7 nitrogen and oxygen atoms in total. The third-order valence-electron chi connectivity index (χ3n) is 8.54. The second kappa shape index (κ2) is 13.4. The van der Waals surface area contributed by atoms with E-state index in [1.165, 1.54) is 7.11 Å². The highest BCUT2D eigenvalue weighted by molar-refractivity contribution is 6.40. The molecule has 1 spiro atoms. The summed E-state index contributed by atoms with van der Waals surface area (Å²) in [5.74, 6) is 0.791. The number of carbonyl (C=O) groups is 2. The summed E-state index contributed by atoms with van der Waals surface area (Å²) in [7, 11) is 1.36. The number of unbranched alkanes of at least 4 members (excludes halogenated alkanes) is 1. The fourth-order valence-corrected chi connectivity index (χ4v) is 6.20. The first-order chi connectivity index (χ1) is 18.4. The lowest BCUT2D eigenvalue weighted by Gasteiger charge is -2.47. The fraction of sp³-hybridized carbons (Fsp3) is 0.719. The van der Waals surface area contributed by atoms with E-state index in [-0.39, 0.29) is 29.8 Å². The monoisotopic (exact) mass is 541 g/mol. The van der Waals surface area contributed by atoms with Gasteiger partial charge >= 0.3 is 5.97 Å². The molecule has 0 radical (unpaired) electrons. The number of methoxy groups -OCH3 is 1. The molecule has 0 bridgehead atoms. The van der Waals surface area contributed by atoms with Gasteiger partial charge < -0.3 is 14.7 Å². The van der Waals surface area contributed by atoms with E-state index >= 15 is 0 Å². The average molecular weight is 542 g/mol. The third kappa shape index (κ3) is 7.69. The van der Waals surface area contributed by atoms with Crippen molar-refractivity contribution in [2.45, 2.75) is 117 Å². The van der Waals surface area contributed by atoms with Gasteiger partial charge in [0.15, 0.2) is 0 Å². The Kier molecular flexibility index (Phi) is 10.8. The molecule has 2 N–H and O–H groups in total. The average Bonchev–Trinajstić information content (AvgIpc) is 3.13. The number of hydrogen-bond acceptors (Lipinski definition) is 6. The Labute approximate surface area is 235 Å². The molecule has 2 atom stereocenters. The standard InChI is InChI=1S/C32H51N3O4/c1-8-9-10-27(23-11-13-24(14-12-23)29(37)33-20-17-28(36)39-7)35-30(38)26(21-22(2)3)34-32(35)18-15-25(16-19-32)31(4,5)6/h11-14,22,25,27,29,33,37H,8-10,15-21H2,1-7H3/t25?,27-,29?,32?/m1/s1. The van der Waals surface area contributed by atoms with Crippen molar-refractivity contribution in [1.29, 1.82) is 0 Å². The first-order valence-corrected chi connectivity index (χ1v) is 14.9. The molecule has 0 aromatic heterocycles. The van der Waals surface area contributed by atoms with Gasteiger partial charge in [0, 0.05) is 6.54 Å². The predicted octanol–water partition coefficient (Wildman–Crippen LogP) is 6.32. The number of aliphatic hydroxyl groups excluding tert-OH is 1. The number of aliphatic imine (C=N–C) groups is 1. The van der Waals surface area contributed by atoms with Gasteiger partial charge in [0.2, 0.25) is 0 Å². The molecule has 218 valence electrons. The highest BCUT2D eigenvalue weighted by atomic mass is 16.5. The molecule has 1 aromatic rings. The summed E-state index contributed by atoms with van der Waals surface area (Å²) in [4.78, 5) is 32.8. The Bertz CT molecular complexity index is 988. The van der Waals surface area contributed by atoms with Crippen LogP contribution in [0, 0.1) is 17.3 Å². The fourth-order valence-electron chi connectivity index (χ4n) is 6.20. The number of nitrogens with one attached hydrogen (secondary N) is 1. The molecule has 7 heteroatoms. The molecule has 1 aliphatic carbocycles. The van der Waals surface area contributed by atoms with Crippen molar-refractivity contribution in [2.75, 3.05) is 13.7 Å². The zero-order chi connectivity index (χ0) is 28.8. The Balaban J connectivity index is 1.88. The maximum absolute atomic E-state index is 14.1. The molecule has 1 fully saturated rings. The third-order valence-corrected chi connectivity index (χ3v) is 8.54. The molecule has 3 rings (SSSR count). The van der Waals surface area contributed by atoms with E-state index in [4.69, 9.17) is 4.99 Å². The van der Waals surface area contributed by atoms with E-state index in [0.717, 1.165) is 61.8 Å². The Morgan fingerprint density at radius 2 is 1.79 bits per heavy atom. The van der Waals surface area contributed by atoms with Gasteiger partial charge in [0.25, 0.3) is 5.91 Å². The number of amides is 1. The lowest BCUT2D eigenvalue weighted by atomic mass is 9.69. The lowest BCUT2D eigenvalue weighted by molar-refractivity contribution is -0.140. The molecule has 1 heterocycles. The molecule has 1 unspecified atom stereocenters. The minimum absolute atomic E-state index is 0.0597. The van der Waals surface area contributed by atoms with Gasteiger partial charge in [0.05, 0.1) is 19.6 Å². The zero-order valence-corrected chi connectivity index (χ0v) is 25.3. The number of benzene rings is 1. The molecular formula is C32H51N3O4. The summed E-state index contributed by atoms with van der Waals surface area (Å²) in [5, 5.41) is 13.6. The van der Waals surface area contributed by atoms with Crippen molar-refractivity contribution in [3.05, 3.63) is 35.4 Å². The van der Waals surface area contributed by atoms with Crippen molar-refractivity contribution < 1.29 is 19.4 Å². The van der Waals surface area contributed by atoms with E-state index < -0.39 is 11.9 Å². The van der Waals surface area contributed by atoms with Crippen molar-refractivity contribution >= 4 is 17.6 Å². The summed E-state index contributed by atoms with van der Waals surface area (Å²) in [6.07, 6.45) is 6.96. The first-order valence-electron chi connectivity index (χ1n) is 14.9. The quantitative estimate of drug-likeness (QED) is 0.239. The van der Waals surface area contributed by atoms with E-state index in [0.29, 0.717) is 24.8 Å². The van der Waals surface area contributed by atoms with Crippen molar-refractivity contribution in [3.8, 4) is 0 Å². The van der Waals surface area contributed by atoms with Gasteiger partial charge in [-0.3, -0.25) is 19.9 Å². The molecule has 1 aromatic carbocycles. The number of carbonyl (C=O) groups excluding carboxylic acids is 2. The van der Waals surface area contributed by atoms with Gasteiger partial charge in [-0.1, -0.05) is 78.6 Å². The van der Waals surface area contributed by atoms with Crippen molar-refractivity contribution in [2.24, 2.45) is 22.2 Å². The first kappa shape index (κ1) is 31.3. The maximum atomic E-state index is 14.1. The topological polar surface area (TPSA) is 91.2 Å². The number of hydrogen-bond donors (Lipinski definition) is 2. The van der Waals surface area contributed by atoms with E-state index in [1.54, 1.807) is 0 Å². The Hall–Kier alpha value is -2.25. The van der Waals surface area contributed by atoms with Crippen LogP contribution in [0.5, 0.6) is 0 Å². The predicted molar refractivity (Wildman–Crippen MR) is 156 cm³/mol. The van der Waals surface area contributed by atoms with Gasteiger partial charge in [0.1, 0.15) is 17.6 Å². The maximum Gasteiger partial charge on any atom is 0.306 e. The molecule has 0 saturated heterocycles. The zero-order valence-electron chi connectivity index (χ0n) is 25.3.